The fraction of sp³-hybridized carbons (Fsp3) is 0.250. The standard InChI is InChI=1S/C8H9F3N2O2S/c1-13-16(14,15)5-2-3-7(12)6(4-5)8(9,10)11/h2-4,13H,12H2,1H3. The monoisotopic (exact) mass is 254 g/mol. The summed E-state index contributed by atoms with van der Waals surface area (Å²) < 4.78 is 61.7. The van der Waals surface area contributed by atoms with Gasteiger partial charge in [-0.1, -0.05) is 0 Å². The van der Waals surface area contributed by atoms with Crippen molar-refractivity contribution in [2.45, 2.75) is 11.1 Å². The molecule has 0 unspecified atom stereocenters. The van der Waals surface area contributed by atoms with Crippen molar-refractivity contribution in [3.63, 3.8) is 0 Å². The van der Waals surface area contributed by atoms with Crippen LogP contribution in [0, 0.1) is 0 Å². The van der Waals surface area contributed by atoms with Gasteiger partial charge in [-0.15, -0.1) is 0 Å². The van der Waals surface area contributed by atoms with E-state index < -0.39 is 32.3 Å². The Bertz CT molecular complexity index is 496. The molecule has 0 heterocycles. The van der Waals surface area contributed by atoms with Gasteiger partial charge in [0.25, 0.3) is 0 Å². The minimum absolute atomic E-state index is 0.475. The van der Waals surface area contributed by atoms with Gasteiger partial charge in [0.15, 0.2) is 0 Å². The summed E-state index contributed by atoms with van der Waals surface area (Å²) in [5, 5.41) is 0. The zero-order chi connectivity index (χ0) is 12.6. The highest BCUT2D eigenvalue weighted by atomic mass is 32.2. The average molecular weight is 254 g/mol. The van der Waals surface area contributed by atoms with E-state index in [2.05, 4.69) is 0 Å². The molecule has 8 heteroatoms. The van der Waals surface area contributed by atoms with E-state index in [1.165, 1.54) is 0 Å². The van der Waals surface area contributed by atoms with Crippen molar-refractivity contribution in [1.29, 1.82) is 0 Å². The highest BCUT2D eigenvalue weighted by molar-refractivity contribution is 7.89. The van der Waals surface area contributed by atoms with Crippen molar-refractivity contribution in [2.75, 3.05) is 12.8 Å². The average Bonchev–Trinajstić information content (AvgIpc) is 2.16. The third kappa shape index (κ3) is 2.45. The molecule has 0 aliphatic heterocycles. The van der Waals surface area contributed by atoms with Gasteiger partial charge in [0.05, 0.1) is 10.5 Å². The molecule has 1 aromatic carbocycles. The zero-order valence-corrected chi connectivity index (χ0v) is 8.98. The molecule has 3 N–H and O–H groups in total. The number of nitrogen functional groups attached to an aromatic ring is 1. The second-order valence-corrected chi connectivity index (χ2v) is 4.84. The smallest absolute Gasteiger partial charge is 0.398 e. The zero-order valence-electron chi connectivity index (χ0n) is 8.17. The SMILES string of the molecule is CNS(=O)(=O)c1ccc(N)c(C(F)(F)F)c1. The lowest BCUT2D eigenvalue weighted by molar-refractivity contribution is -0.137. The van der Waals surface area contributed by atoms with Crippen LogP contribution >= 0.6 is 0 Å². The molecular weight excluding hydrogens is 245 g/mol. The van der Waals surface area contributed by atoms with Gasteiger partial charge < -0.3 is 5.73 Å². The van der Waals surface area contributed by atoms with E-state index >= 15 is 0 Å². The molecule has 90 valence electrons. The molecule has 1 aromatic rings. The highest BCUT2D eigenvalue weighted by Gasteiger charge is 2.34. The largest absolute Gasteiger partial charge is 0.418 e. The molecule has 0 fully saturated rings. The van der Waals surface area contributed by atoms with Crippen LogP contribution in [-0.2, 0) is 16.2 Å². The molecule has 4 nitrogen and oxygen atoms in total. The second kappa shape index (κ2) is 3.95. The molecule has 0 amide bonds. The van der Waals surface area contributed by atoms with E-state index in [9.17, 15) is 21.6 Å². The summed E-state index contributed by atoms with van der Waals surface area (Å²) >= 11 is 0. The summed E-state index contributed by atoms with van der Waals surface area (Å²) in [6.45, 7) is 0. The number of nitrogens with one attached hydrogen (secondary N) is 1. The third-order valence-corrected chi connectivity index (χ3v) is 3.32. The second-order valence-electron chi connectivity index (χ2n) is 2.95. The number of alkyl halides is 3. The Hall–Kier alpha value is -1.28. The van der Waals surface area contributed by atoms with Crippen molar-refractivity contribution in [2.24, 2.45) is 0 Å². The summed E-state index contributed by atoms with van der Waals surface area (Å²) in [4.78, 5) is -0.475. The summed E-state index contributed by atoms with van der Waals surface area (Å²) in [7, 11) is -2.79. The molecule has 0 atom stereocenters. The molecule has 0 spiro atoms. The lowest BCUT2D eigenvalue weighted by Crippen LogP contribution is -2.20. The van der Waals surface area contributed by atoms with Crippen LogP contribution < -0.4 is 10.5 Å². The Labute approximate surface area is 90.3 Å². The summed E-state index contributed by atoms with van der Waals surface area (Å²) in [5.41, 5.74) is 3.45. The molecule has 0 aliphatic carbocycles. The minimum Gasteiger partial charge on any atom is -0.398 e. The topological polar surface area (TPSA) is 72.2 Å². The molecule has 1 rings (SSSR count). The first kappa shape index (κ1) is 12.8. The maximum absolute atomic E-state index is 12.4. The molecule has 0 radical (unpaired) electrons. The normalized spacial score (nSPS) is 12.8. The van der Waals surface area contributed by atoms with Crippen LogP contribution in [0.1, 0.15) is 5.56 Å². The highest BCUT2D eigenvalue weighted by Crippen LogP contribution is 2.34. The van der Waals surface area contributed by atoms with Crippen molar-refractivity contribution >= 4 is 15.7 Å². The van der Waals surface area contributed by atoms with E-state index in [1.807, 2.05) is 4.72 Å². The molecule has 0 saturated carbocycles. The number of halogens is 3. The van der Waals surface area contributed by atoms with Gasteiger partial charge in [0, 0.05) is 5.69 Å². The van der Waals surface area contributed by atoms with Crippen LogP contribution in [0.4, 0.5) is 18.9 Å². The Morgan fingerprint density at radius 3 is 2.31 bits per heavy atom. The number of nitrogens with two attached hydrogens (primary N) is 1. The van der Waals surface area contributed by atoms with Gasteiger partial charge in [-0.2, -0.15) is 13.2 Å². The molecule has 16 heavy (non-hydrogen) atoms. The lowest BCUT2D eigenvalue weighted by atomic mass is 10.2. The predicted molar refractivity (Wildman–Crippen MR) is 52.1 cm³/mol. The van der Waals surface area contributed by atoms with Crippen molar-refractivity contribution in [3.05, 3.63) is 23.8 Å². The Morgan fingerprint density at radius 2 is 1.88 bits per heavy atom. The lowest BCUT2D eigenvalue weighted by Gasteiger charge is -2.11. The molecule has 0 aromatic heterocycles. The summed E-state index contributed by atoms with van der Waals surface area (Å²) in [5.74, 6) is 0. The van der Waals surface area contributed by atoms with Crippen LogP contribution in [0.3, 0.4) is 0 Å². The molecule has 0 saturated heterocycles. The first-order valence-corrected chi connectivity index (χ1v) is 5.57. The van der Waals surface area contributed by atoms with Crippen LogP contribution in [0.15, 0.2) is 23.1 Å². The van der Waals surface area contributed by atoms with E-state index in [1.54, 1.807) is 0 Å². The Kier molecular flexibility index (Phi) is 3.15. The first-order chi connectivity index (χ1) is 7.18. The molecule has 0 bridgehead atoms. The van der Waals surface area contributed by atoms with Crippen molar-refractivity contribution < 1.29 is 21.6 Å². The van der Waals surface area contributed by atoms with E-state index in [0.717, 1.165) is 19.2 Å². The number of sulfonamides is 1. The van der Waals surface area contributed by atoms with Crippen LogP contribution in [0.2, 0.25) is 0 Å². The Balaban J connectivity index is 3.40. The maximum atomic E-state index is 12.4. The van der Waals surface area contributed by atoms with Crippen LogP contribution in [0.25, 0.3) is 0 Å². The van der Waals surface area contributed by atoms with E-state index in [0.29, 0.717) is 6.07 Å². The molecular formula is C8H9F3N2O2S. The van der Waals surface area contributed by atoms with Crippen molar-refractivity contribution in [3.8, 4) is 0 Å². The molecule has 0 aliphatic rings. The van der Waals surface area contributed by atoms with Gasteiger partial charge >= 0.3 is 6.18 Å². The summed E-state index contributed by atoms with van der Waals surface area (Å²) in [6.07, 6.45) is -4.68. The predicted octanol–water partition coefficient (Wildman–Crippen LogP) is 1.20. The van der Waals surface area contributed by atoms with Gasteiger partial charge in [-0.3, -0.25) is 0 Å². The quantitative estimate of drug-likeness (QED) is 0.779. The van der Waals surface area contributed by atoms with Gasteiger partial charge in [-0.05, 0) is 25.2 Å². The van der Waals surface area contributed by atoms with Crippen LogP contribution in [-0.4, -0.2) is 15.5 Å². The van der Waals surface area contributed by atoms with E-state index in [4.69, 9.17) is 5.73 Å². The number of rotatable bonds is 2. The van der Waals surface area contributed by atoms with Crippen molar-refractivity contribution in [1.82, 2.24) is 4.72 Å². The summed E-state index contributed by atoms with van der Waals surface area (Å²) in [6, 6.07) is 2.42. The fourth-order valence-electron chi connectivity index (χ4n) is 1.07. The first-order valence-electron chi connectivity index (χ1n) is 4.09. The van der Waals surface area contributed by atoms with Gasteiger partial charge in [-0.25, -0.2) is 13.1 Å². The van der Waals surface area contributed by atoms with E-state index in [-0.39, 0.29) is 0 Å². The van der Waals surface area contributed by atoms with Gasteiger partial charge in [0.1, 0.15) is 0 Å². The van der Waals surface area contributed by atoms with Gasteiger partial charge in [0.2, 0.25) is 10.0 Å². The third-order valence-electron chi connectivity index (χ3n) is 1.91. The minimum atomic E-state index is -4.68. The Morgan fingerprint density at radius 1 is 1.31 bits per heavy atom. The number of benzene rings is 1. The maximum Gasteiger partial charge on any atom is 0.418 e. The fourth-order valence-corrected chi connectivity index (χ4v) is 1.82. The number of hydrogen-bond acceptors (Lipinski definition) is 3. The number of anilines is 1. The van der Waals surface area contributed by atoms with Crippen LogP contribution in [0.5, 0.6) is 0 Å². The number of hydrogen-bond donors (Lipinski definition) is 2.